The molecule has 2 aromatic rings. The number of aliphatic carboxylic acids is 1. The summed E-state index contributed by atoms with van der Waals surface area (Å²) in [6, 6.07) is 10.8. The maximum atomic E-state index is 13.0. The van der Waals surface area contributed by atoms with Crippen LogP contribution in [-0.2, 0) is 9.59 Å². The van der Waals surface area contributed by atoms with Gasteiger partial charge in [0, 0.05) is 30.9 Å². The summed E-state index contributed by atoms with van der Waals surface area (Å²) in [4.78, 5) is 43.9. The zero-order valence-corrected chi connectivity index (χ0v) is 19.5. The van der Waals surface area contributed by atoms with Gasteiger partial charge in [0.15, 0.2) is 6.61 Å². The summed E-state index contributed by atoms with van der Waals surface area (Å²) >= 11 is 6.12. The SMILES string of the molecule is CC1=NC(=O)N(CCCN(C)C(=O)COc2ccc(F)cc2)C(c2cccc(Cl)c2)C1C(=O)O. The largest absolute Gasteiger partial charge is 0.484 e. The Morgan fingerprint density at radius 2 is 1.94 bits per heavy atom. The van der Waals surface area contributed by atoms with Crippen LogP contribution < -0.4 is 4.74 Å². The minimum atomic E-state index is -1.09. The predicted octanol–water partition coefficient (Wildman–Crippen LogP) is 4.05. The molecule has 1 aliphatic rings. The highest BCUT2D eigenvalue weighted by Crippen LogP contribution is 2.35. The standard InChI is InChI=1S/C24H25ClFN3O5/c1-15-21(23(31)32)22(16-5-3-6-17(25)13-16)29(24(33)27-15)12-4-11-28(2)20(30)14-34-19-9-7-18(26)8-10-19/h3,5-10,13,21-22H,4,11-12,14H2,1-2H3,(H,31,32). The van der Waals surface area contributed by atoms with Gasteiger partial charge in [-0.3, -0.25) is 9.59 Å². The maximum absolute atomic E-state index is 13.0. The molecule has 180 valence electrons. The second-order valence-corrected chi connectivity index (χ2v) is 8.39. The second kappa shape index (κ2) is 11.1. The number of likely N-dealkylation sites (N-methyl/N-ethyl adjacent to an activating group) is 1. The third kappa shape index (κ3) is 6.11. The van der Waals surface area contributed by atoms with Gasteiger partial charge in [-0.25, -0.2) is 14.2 Å². The molecular weight excluding hydrogens is 465 g/mol. The molecule has 3 rings (SSSR count). The van der Waals surface area contributed by atoms with Crippen molar-refractivity contribution in [2.24, 2.45) is 10.9 Å². The van der Waals surface area contributed by atoms with E-state index in [-0.39, 0.29) is 24.8 Å². The van der Waals surface area contributed by atoms with Crippen molar-refractivity contribution in [2.75, 3.05) is 26.7 Å². The number of aliphatic imine (C=N–C) groups is 1. The summed E-state index contributed by atoms with van der Waals surface area (Å²) in [7, 11) is 1.60. The van der Waals surface area contributed by atoms with E-state index in [1.807, 2.05) is 0 Å². The number of amides is 3. The molecule has 3 amide bonds. The number of rotatable bonds is 9. The topological polar surface area (TPSA) is 99.5 Å². The Kier molecular flexibility index (Phi) is 8.22. The van der Waals surface area contributed by atoms with Crippen LogP contribution in [0.25, 0.3) is 0 Å². The van der Waals surface area contributed by atoms with E-state index < -0.39 is 29.8 Å². The van der Waals surface area contributed by atoms with E-state index >= 15 is 0 Å². The second-order valence-electron chi connectivity index (χ2n) is 7.96. The van der Waals surface area contributed by atoms with Gasteiger partial charge < -0.3 is 19.6 Å². The lowest BCUT2D eigenvalue weighted by Crippen LogP contribution is -2.47. The number of hydrogen-bond donors (Lipinski definition) is 1. The Labute approximate surface area is 201 Å². The number of benzene rings is 2. The van der Waals surface area contributed by atoms with Crippen molar-refractivity contribution in [3.8, 4) is 5.75 Å². The van der Waals surface area contributed by atoms with Crippen molar-refractivity contribution >= 4 is 35.2 Å². The van der Waals surface area contributed by atoms with Gasteiger partial charge in [-0.1, -0.05) is 23.7 Å². The quantitative estimate of drug-likeness (QED) is 0.573. The van der Waals surface area contributed by atoms with Gasteiger partial charge in [-0.15, -0.1) is 0 Å². The van der Waals surface area contributed by atoms with E-state index in [9.17, 15) is 23.9 Å². The molecule has 0 saturated heterocycles. The molecule has 0 aliphatic carbocycles. The van der Waals surface area contributed by atoms with Crippen molar-refractivity contribution in [3.63, 3.8) is 0 Å². The Bertz CT molecular complexity index is 1090. The van der Waals surface area contributed by atoms with Crippen LogP contribution in [0.5, 0.6) is 5.75 Å². The first-order valence-electron chi connectivity index (χ1n) is 10.6. The van der Waals surface area contributed by atoms with Gasteiger partial charge in [0.1, 0.15) is 17.5 Å². The van der Waals surface area contributed by atoms with Gasteiger partial charge in [0.25, 0.3) is 5.91 Å². The van der Waals surface area contributed by atoms with Crippen LogP contribution in [0.15, 0.2) is 53.5 Å². The average molecular weight is 490 g/mol. The first kappa shape index (κ1) is 25.2. The molecular formula is C24H25ClFN3O5. The van der Waals surface area contributed by atoms with E-state index in [0.717, 1.165) is 0 Å². The lowest BCUT2D eigenvalue weighted by Gasteiger charge is -2.38. The number of carboxylic acid groups (broad SMARTS) is 1. The predicted molar refractivity (Wildman–Crippen MR) is 125 cm³/mol. The summed E-state index contributed by atoms with van der Waals surface area (Å²) in [5.41, 5.74) is 0.823. The van der Waals surface area contributed by atoms with Crippen LogP contribution in [-0.4, -0.2) is 65.3 Å². The Morgan fingerprint density at radius 1 is 1.24 bits per heavy atom. The van der Waals surface area contributed by atoms with E-state index in [2.05, 4.69) is 4.99 Å². The van der Waals surface area contributed by atoms with Crippen molar-refractivity contribution in [3.05, 3.63) is 64.9 Å². The van der Waals surface area contributed by atoms with Gasteiger partial charge >= 0.3 is 12.0 Å². The molecule has 2 unspecified atom stereocenters. The monoisotopic (exact) mass is 489 g/mol. The highest BCUT2D eigenvalue weighted by Gasteiger charge is 2.42. The summed E-state index contributed by atoms with van der Waals surface area (Å²) < 4.78 is 18.4. The fourth-order valence-electron chi connectivity index (χ4n) is 3.81. The summed E-state index contributed by atoms with van der Waals surface area (Å²) in [5, 5.41) is 10.3. The maximum Gasteiger partial charge on any atom is 0.344 e. The number of nitrogens with zero attached hydrogens (tertiary/aromatic N) is 3. The first-order valence-corrected chi connectivity index (χ1v) is 11.0. The highest BCUT2D eigenvalue weighted by molar-refractivity contribution is 6.30. The molecule has 1 N–H and O–H groups in total. The molecule has 2 aromatic carbocycles. The van der Waals surface area contributed by atoms with Crippen molar-refractivity contribution in [1.29, 1.82) is 0 Å². The number of urea groups is 1. The Balaban J connectivity index is 1.65. The third-order valence-corrected chi connectivity index (χ3v) is 5.80. The van der Waals surface area contributed by atoms with E-state index in [0.29, 0.717) is 29.3 Å². The van der Waals surface area contributed by atoms with Gasteiger partial charge in [-0.05, 0) is 55.3 Å². The smallest absolute Gasteiger partial charge is 0.344 e. The van der Waals surface area contributed by atoms with Gasteiger partial charge in [0.05, 0.1) is 6.04 Å². The van der Waals surface area contributed by atoms with Crippen LogP contribution in [0, 0.1) is 11.7 Å². The fraction of sp³-hybridized carbons (Fsp3) is 0.333. The van der Waals surface area contributed by atoms with Gasteiger partial charge in [-0.2, -0.15) is 0 Å². The number of carbonyl (C=O) groups is 3. The molecule has 0 aromatic heterocycles. The zero-order chi connectivity index (χ0) is 24.8. The summed E-state index contributed by atoms with van der Waals surface area (Å²) in [5.74, 6) is -2.42. The molecule has 34 heavy (non-hydrogen) atoms. The molecule has 1 heterocycles. The van der Waals surface area contributed by atoms with Crippen LogP contribution >= 0.6 is 11.6 Å². The Morgan fingerprint density at radius 3 is 2.59 bits per heavy atom. The van der Waals surface area contributed by atoms with Crippen LogP contribution in [0.1, 0.15) is 24.9 Å². The Hall–Kier alpha value is -3.46. The van der Waals surface area contributed by atoms with E-state index in [1.165, 1.54) is 41.0 Å². The number of carbonyl (C=O) groups excluding carboxylic acids is 2. The van der Waals surface area contributed by atoms with E-state index in [4.69, 9.17) is 16.3 Å². The number of carboxylic acids is 1. The lowest BCUT2D eigenvalue weighted by atomic mass is 9.87. The van der Waals surface area contributed by atoms with Crippen LogP contribution in [0.4, 0.5) is 9.18 Å². The normalized spacial score (nSPS) is 17.8. The lowest BCUT2D eigenvalue weighted by molar-refractivity contribution is -0.141. The average Bonchev–Trinajstić information content (AvgIpc) is 2.79. The minimum absolute atomic E-state index is 0.188. The highest BCUT2D eigenvalue weighted by atomic mass is 35.5. The minimum Gasteiger partial charge on any atom is -0.484 e. The first-order chi connectivity index (χ1) is 16.2. The summed E-state index contributed by atoms with van der Waals surface area (Å²) in [6.07, 6.45) is 0.391. The van der Waals surface area contributed by atoms with Crippen LogP contribution in [0.3, 0.4) is 0 Å². The van der Waals surface area contributed by atoms with Crippen molar-refractivity contribution in [1.82, 2.24) is 9.80 Å². The van der Waals surface area contributed by atoms with Gasteiger partial charge in [0.2, 0.25) is 0 Å². The van der Waals surface area contributed by atoms with E-state index in [1.54, 1.807) is 31.3 Å². The molecule has 0 fully saturated rings. The number of ether oxygens (including phenoxy) is 1. The molecule has 10 heteroatoms. The van der Waals surface area contributed by atoms with Crippen molar-refractivity contribution < 1.29 is 28.6 Å². The third-order valence-electron chi connectivity index (χ3n) is 5.57. The molecule has 8 nitrogen and oxygen atoms in total. The summed E-state index contributed by atoms with van der Waals surface area (Å²) in [6.45, 7) is 1.80. The number of hydrogen-bond acceptors (Lipinski definition) is 4. The fourth-order valence-corrected chi connectivity index (χ4v) is 4.01. The molecule has 0 radical (unpaired) electrons. The molecule has 0 saturated carbocycles. The van der Waals surface area contributed by atoms with Crippen LogP contribution in [0.2, 0.25) is 5.02 Å². The number of halogens is 2. The molecule has 0 spiro atoms. The zero-order valence-electron chi connectivity index (χ0n) is 18.8. The molecule has 1 aliphatic heterocycles. The molecule has 2 atom stereocenters. The molecule has 0 bridgehead atoms. The van der Waals surface area contributed by atoms with Crippen molar-refractivity contribution in [2.45, 2.75) is 19.4 Å².